The van der Waals surface area contributed by atoms with E-state index in [0.29, 0.717) is 6.54 Å². The summed E-state index contributed by atoms with van der Waals surface area (Å²) in [5, 5.41) is 19.2. The molecule has 0 fully saturated rings. The van der Waals surface area contributed by atoms with Gasteiger partial charge in [0.25, 0.3) is 0 Å². The van der Waals surface area contributed by atoms with Crippen LogP contribution in [0.2, 0.25) is 0 Å². The molecular weight excluding hydrogens is 206 g/mol. The van der Waals surface area contributed by atoms with Gasteiger partial charge in [-0.15, -0.1) is 0 Å². The Morgan fingerprint density at radius 2 is 2.12 bits per heavy atom. The monoisotopic (exact) mass is 219 g/mol. The molecule has 4 heteroatoms. The van der Waals surface area contributed by atoms with Crippen LogP contribution in [0.3, 0.4) is 0 Å². The van der Waals surface area contributed by atoms with Crippen molar-refractivity contribution in [3.63, 3.8) is 0 Å². The van der Waals surface area contributed by atoms with Gasteiger partial charge in [0.15, 0.2) is 0 Å². The number of phenolic OH excluding ortho intramolecular Hbond substituents is 1. The third kappa shape index (κ3) is 1.74. The van der Waals surface area contributed by atoms with E-state index in [-0.39, 0.29) is 12.2 Å². The molecule has 0 aliphatic rings. The number of carboxylic acid groups (broad SMARTS) is 1. The van der Waals surface area contributed by atoms with Gasteiger partial charge in [-0.3, -0.25) is 4.79 Å². The summed E-state index contributed by atoms with van der Waals surface area (Å²) in [5.74, 6) is -0.649. The summed E-state index contributed by atoms with van der Waals surface area (Å²) in [6.07, 6.45) is 0.00326. The van der Waals surface area contributed by atoms with Gasteiger partial charge in [-0.25, -0.2) is 0 Å². The minimum Gasteiger partial charge on any atom is -0.508 e. The highest BCUT2D eigenvalue weighted by atomic mass is 16.4. The van der Waals surface area contributed by atoms with Crippen LogP contribution in [0.25, 0.3) is 10.9 Å². The molecule has 84 valence electrons. The topological polar surface area (TPSA) is 62.5 Å². The molecule has 4 nitrogen and oxygen atoms in total. The number of carboxylic acids is 1. The Labute approximate surface area is 92.7 Å². The molecular formula is C12H13NO3. The third-order valence-corrected chi connectivity index (χ3v) is 2.62. The quantitative estimate of drug-likeness (QED) is 0.829. The molecule has 0 radical (unpaired) electrons. The highest BCUT2D eigenvalue weighted by Gasteiger charge is 2.10. The number of benzene rings is 1. The van der Waals surface area contributed by atoms with Crippen molar-refractivity contribution in [3.05, 3.63) is 30.0 Å². The number of fused-ring (bicyclic) bond motifs is 1. The molecule has 2 rings (SSSR count). The number of aromatic nitrogens is 1. The van der Waals surface area contributed by atoms with Crippen molar-refractivity contribution >= 4 is 16.9 Å². The maximum Gasteiger partial charge on any atom is 0.309 e. The normalized spacial score (nSPS) is 10.8. The molecule has 2 N–H and O–H groups in total. The van der Waals surface area contributed by atoms with E-state index in [9.17, 15) is 9.90 Å². The molecule has 0 bridgehead atoms. The summed E-state index contributed by atoms with van der Waals surface area (Å²) in [5.41, 5.74) is 1.63. The molecule has 0 aliphatic heterocycles. The predicted octanol–water partition coefficient (Wildman–Crippen LogP) is 1.99. The second kappa shape index (κ2) is 3.89. The van der Waals surface area contributed by atoms with E-state index >= 15 is 0 Å². The highest BCUT2D eigenvalue weighted by molar-refractivity contribution is 5.84. The molecule has 1 aromatic carbocycles. The van der Waals surface area contributed by atoms with Gasteiger partial charge in [0.1, 0.15) is 5.75 Å². The standard InChI is InChI=1S/C12H13NO3/c1-2-13-9(6-12(15)16)5-8-3-4-10(14)7-11(8)13/h3-5,7,14H,2,6H2,1H3,(H,15,16). The average molecular weight is 219 g/mol. The first-order chi connectivity index (χ1) is 7.61. The Balaban J connectivity index is 2.62. The van der Waals surface area contributed by atoms with Crippen molar-refractivity contribution in [2.75, 3.05) is 0 Å². The van der Waals surface area contributed by atoms with E-state index in [2.05, 4.69) is 0 Å². The highest BCUT2D eigenvalue weighted by Crippen LogP contribution is 2.24. The van der Waals surface area contributed by atoms with Gasteiger partial charge >= 0.3 is 5.97 Å². The van der Waals surface area contributed by atoms with Crippen LogP contribution < -0.4 is 0 Å². The third-order valence-electron chi connectivity index (χ3n) is 2.62. The molecule has 1 heterocycles. The second-order valence-electron chi connectivity index (χ2n) is 3.69. The van der Waals surface area contributed by atoms with E-state index in [0.717, 1.165) is 16.6 Å². The molecule has 0 unspecified atom stereocenters. The fraction of sp³-hybridized carbons (Fsp3) is 0.250. The van der Waals surface area contributed by atoms with Crippen LogP contribution in [-0.4, -0.2) is 20.7 Å². The first-order valence-corrected chi connectivity index (χ1v) is 5.14. The summed E-state index contributed by atoms with van der Waals surface area (Å²) < 4.78 is 1.91. The zero-order chi connectivity index (χ0) is 11.7. The summed E-state index contributed by atoms with van der Waals surface area (Å²) in [4.78, 5) is 10.7. The maximum atomic E-state index is 10.7. The van der Waals surface area contributed by atoms with Crippen LogP contribution in [0.4, 0.5) is 0 Å². The lowest BCUT2D eigenvalue weighted by atomic mass is 10.2. The van der Waals surface area contributed by atoms with Crippen LogP contribution in [-0.2, 0) is 17.8 Å². The number of nitrogens with zero attached hydrogens (tertiary/aromatic N) is 1. The molecule has 0 saturated carbocycles. The van der Waals surface area contributed by atoms with Crippen molar-refractivity contribution < 1.29 is 15.0 Å². The smallest absolute Gasteiger partial charge is 0.309 e. The van der Waals surface area contributed by atoms with Gasteiger partial charge in [0.2, 0.25) is 0 Å². The van der Waals surface area contributed by atoms with E-state index < -0.39 is 5.97 Å². The van der Waals surface area contributed by atoms with Gasteiger partial charge in [-0.1, -0.05) is 0 Å². The fourth-order valence-electron chi connectivity index (χ4n) is 1.97. The van der Waals surface area contributed by atoms with E-state index in [1.165, 1.54) is 0 Å². The van der Waals surface area contributed by atoms with Crippen molar-refractivity contribution in [1.29, 1.82) is 0 Å². The van der Waals surface area contributed by atoms with Gasteiger partial charge in [0, 0.05) is 23.7 Å². The van der Waals surface area contributed by atoms with Crippen LogP contribution in [0.15, 0.2) is 24.3 Å². The molecule has 0 saturated heterocycles. The number of rotatable bonds is 3. The zero-order valence-electron chi connectivity index (χ0n) is 8.97. The van der Waals surface area contributed by atoms with Crippen LogP contribution >= 0.6 is 0 Å². The Hall–Kier alpha value is -1.97. The lowest BCUT2D eigenvalue weighted by Crippen LogP contribution is -2.06. The molecule has 2 aromatic rings. The number of aryl methyl sites for hydroxylation is 1. The molecule has 1 aromatic heterocycles. The number of hydrogen-bond donors (Lipinski definition) is 2. The van der Waals surface area contributed by atoms with Gasteiger partial charge in [0.05, 0.1) is 11.9 Å². The minimum atomic E-state index is -0.846. The average Bonchev–Trinajstić information content (AvgIpc) is 2.53. The Morgan fingerprint density at radius 1 is 1.38 bits per heavy atom. The Morgan fingerprint density at radius 3 is 2.75 bits per heavy atom. The van der Waals surface area contributed by atoms with Gasteiger partial charge in [-0.05, 0) is 25.1 Å². The van der Waals surface area contributed by atoms with Crippen LogP contribution in [0, 0.1) is 0 Å². The van der Waals surface area contributed by atoms with E-state index in [4.69, 9.17) is 5.11 Å². The van der Waals surface area contributed by atoms with Gasteiger partial charge in [-0.2, -0.15) is 0 Å². The zero-order valence-corrected chi connectivity index (χ0v) is 8.97. The summed E-state index contributed by atoms with van der Waals surface area (Å²) in [6, 6.07) is 6.91. The van der Waals surface area contributed by atoms with Crippen LogP contribution in [0.1, 0.15) is 12.6 Å². The lowest BCUT2D eigenvalue weighted by Gasteiger charge is -2.05. The lowest BCUT2D eigenvalue weighted by molar-refractivity contribution is -0.136. The summed E-state index contributed by atoms with van der Waals surface area (Å²) >= 11 is 0. The van der Waals surface area contributed by atoms with Crippen molar-refractivity contribution in [1.82, 2.24) is 4.57 Å². The molecule has 0 amide bonds. The van der Waals surface area contributed by atoms with Crippen molar-refractivity contribution in [2.24, 2.45) is 0 Å². The summed E-state index contributed by atoms with van der Waals surface area (Å²) in [6.45, 7) is 2.64. The van der Waals surface area contributed by atoms with Crippen molar-refractivity contribution in [3.8, 4) is 5.75 Å². The minimum absolute atomic E-state index is 0.00326. The number of aromatic hydroxyl groups is 1. The van der Waals surface area contributed by atoms with Crippen LogP contribution in [0.5, 0.6) is 5.75 Å². The molecule has 0 atom stereocenters. The molecule has 0 aliphatic carbocycles. The second-order valence-corrected chi connectivity index (χ2v) is 3.69. The number of aliphatic carboxylic acids is 1. The van der Waals surface area contributed by atoms with E-state index in [1.54, 1.807) is 18.2 Å². The summed E-state index contributed by atoms with van der Waals surface area (Å²) in [7, 11) is 0. The Kier molecular flexibility index (Phi) is 2.56. The largest absolute Gasteiger partial charge is 0.508 e. The molecule has 16 heavy (non-hydrogen) atoms. The number of hydrogen-bond acceptors (Lipinski definition) is 2. The maximum absolute atomic E-state index is 10.7. The van der Waals surface area contributed by atoms with Crippen molar-refractivity contribution in [2.45, 2.75) is 19.9 Å². The van der Waals surface area contributed by atoms with E-state index in [1.807, 2.05) is 17.6 Å². The number of phenols is 1. The molecule has 0 spiro atoms. The Bertz CT molecular complexity index is 542. The predicted molar refractivity (Wildman–Crippen MR) is 60.6 cm³/mol. The van der Waals surface area contributed by atoms with Gasteiger partial charge < -0.3 is 14.8 Å². The number of carbonyl (C=O) groups is 1. The first-order valence-electron chi connectivity index (χ1n) is 5.14. The fourth-order valence-corrected chi connectivity index (χ4v) is 1.97. The SMILES string of the molecule is CCn1c(CC(=O)O)cc2ccc(O)cc21. The first kappa shape index (κ1) is 10.5.